The van der Waals surface area contributed by atoms with Crippen molar-refractivity contribution in [3.8, 4) is 23.0 Å². The topological polar surface area (TPSA) is 86.5 Å². The molecule has 0 fully saturated rings. The lowest BCUT2D eigenvalue weighted by Crippen LogP contribution is -2.15. The molecule has 1 aliphatic rings. The summed E-state index contributed by atoms with van der Waals surface area (Å²) in [6.45, 7) is 0.942. The molecule has 2 aromatic carbocycles. The molecule has 1 amide bonds. The zero-order chi connectivity index (χ0) is 21.1. The molecule has 0 bridgehead atoms. The molecule has 0 aliphatic carbocycles. The lowest BCUT2D eigenvalue weighted by atomic mass is 10.2. The minimum Gasteiger partial charge on any atom is -0.486 e. The van der Waals surface area contributed by atoms with E-state index in [1.807, 2.05) is 0 Å². The summed E-state index contributed by atoms with van der Waals surface area (Å²) in [6.07, 6.45) is -4.43. The van der Waals surface area contributed by atoms with Crippen LogP contribution in [0, 0.1) is 0 Å². The van der Waals surface area contributed by atoms with Crippen molar-refractivity contribution >= 4 is 23.4 Å². The maximum Gasteiger partial charge on any atom is 0.416 e. The summed E-state index contributed by atoms with van der Waals surface area (Å²) < 4.78 is 54.2. The Bertz CT molecular complexity index is 1050. The second-order valence-electron chi connectivity index (χ2n) is 6.14. The van der Waals surface area contributed by atoms with Gasteiger partial charge in [0.15, 0.2) is 11.5 Å². The van der Waals surface area contributed by atoms with Gasteiger partial charge >= 0.3 is 6.18 Å². The highest BCUT2D eigenvalue weighted by molar-refractivity contribution is 7.99. The van der Waals surface area contributed by atoms with Crippen molar-refractivity contribution in [2.45, 2.75) is 11.4 Å². The molecule has 1 aromatic heterocycles. The highest BCUT2D eigenvalue weighted by atomic mass is 32.2. The van der Waals surface area contributed by atoms with Crippen molar-refractivity contribution in [2.24, 2.45) is 0 Å². The van der Waals surface area contributed by atoms with E-state index >= 15 is 0 Å². The average molecular weight is 437 g/mol. The summed E-state index contributed by atoms with van der Waals surface area (Å²) in [5.41, 5.74) is 0.122. The van der Waals surface area contributed by atoms with Gasteiger partial charge in [-0.3, -0.25) is 4.79 Å². The number of rotatable bonds is 5. The van der Waals surface area contributed by atoms with Crippen LogP contribution in [-0.4, -0.2) is 35.1 Å². The minimum atomic E-state index is -4.43. The number of hydrogen-bond acceptors (Lipinski definition) is 7. The molecule has 4 rings (SSSR count). The van der Waals surface area contributed by atoms with E-state index in [9.17, 15) is 18.0 Å². The van der Waals surface area contributed by atoms with Crippen LogP contribution in [0.25, 0.3) is 11.5 Å². The number of carbonyl (C=O) groups excluding carboxylic acids is 1. The van der Waals surface area contributed by atoms with Gasteiger partial charge in [-0.1, -0.05) is 11.8 Å². The normalized spacial score (nSPS) is 13.2. The van der Waals surface area contributed by atoms with Crippen molar-refractivity contribution in [1.29, 1.82) is 0 Å². The Morgan fingerprint density at radius 1 is 1.03 bits per heavy atom. The van der Waals surface area contributed by atoms with E-state index in [0.717, 1.165) is 23.9 Å². The second kappa shape index (κ2) is 8.27. The minimum absolute atomic E-state index is 0.0518. The lowest BCUT2D eigenvalue weighted by Gasteiger charge is -2.18. The Morgan fingerprint density at radius 2 is 1.77 bits per heavy atom. The molecular formula is C19H14F3N3O4S. The van der Waals surface area contributed by atoms with Crippen molar-refractivity contribution in [3.63, 3.8) is 0 Å². The maximum absolute atomic E-state index is 12.6. The Morgan fingerprint density at radius 3 is 2.50 bits per heavy atom. The number of halogens is 3. The molecule has 3 aromatic rings. The van der Waals surface area contributed by atoms with E-state index < -0.39 is 17.6 Å². The summed E-state index contributed by atoms with van der Waals surface area (Å²) in [5.74, 6) is 1.02. The van der Waals surface area contributed by atoms with Crippen LogP contribution in [-0.2, 0) is 11.0 Å². The molecule has 156 valence electrons. The van der Waals surface area contributed by atoms with Crippen LogP contribution in [0.4, 0.5) is 18.9 Å². The molecular weight excluding hydrogens is 423 g/mol. The monoisotopic (exact) mass is 437 g/mol. The van der Waals surface area contributed by atoms with Gasteiger partial charge in [0.05, 0.1) is 11.3 Å². The zero-order valence-corrected chi connectivity index (χ0v) is 16.0. The van der Waals surface area contributed by atoms with Crippen molar-refractivity contribution < 1.29 is 31.9 Å². The summed E-state index contributed by atoms with van der Waals surface area (Å²) in [5, 5.41) is 10.5. The smallest absolute Gasteiger partial charge is 0.416 e. The molecule has 11 heteroatoms. The highest BCUT2D eigenvalue weighted by Gasteiger charge is 2.30. The van der Waals surface area contributed by atoms with Crippen molar-refractivity contribution in [3.05, 3.63) is 48.0 Å². The molecule has 2 heterocycles. The van der Waals surface area contributed by atoms with Crippen LogP contribution in [0.15, 0.2) is 52.1 Å². The van der Waals surface area contributed by atoms with E-state index in [2.05, 4.69) is 15.5 Å². The van der Waals surface area contributed by atoms with Crippen LogP contribution in [0.3, 0.4) is 0 Å². The largest absolute Gasteiger partial charge is 0.486 e. The number of thioether (sulfide) groups is 1. The number of anilines is 1. The lowest BCUT2D eigenvalue weighted by molar-refractivity contribution is -0.137. The van der Waals surface area contributed by atoms with Gasteiger partial charge in [0.1, 0.15) is 13.2 Å². The number of benzene rings is 2. The number of amides is 1. The molecule has 0 atom stereocenters. The first-order chi connectivity index (χ1) is 14.4. The number of ether oxygens (including phenoxy) is 2. The first kappa shape index (κ1) is 20.1. The number of nitrogens with one attached hydrogen (secondary N) is 1. The first-order valence-electron chi connectivity index (χ1n) is 8.72. The third-order valence-electron chi connectivity index (χ3n) is 4.02. The molecule has 0 saturated heterocycles. The van der Waals surface area contributed by atoms with Gasteiger partial charge in [-0.15, -0.1) is 10.2 Å². The Balaban J connectivity index is 1.33. The van der Waals surface area contributed by atoms with E-state index in [0.29, 0.717) is 30.3 Å². The van der Waals surface area contributed by atoms with Crippen molar-refractivity contribution in [2.75, 3.05) is 24.3 Å². The Kier molecular flexibility index (Phi) is 5.53. The van der Waals surface area contributed by atoms with Gasteiger partial charge in [0.25, 0.3) is 5.22 Å². The van der Waals surface area contributed by atoms with Crippen LogP contribution < -0.4 is 14.8 Å². The number of aromatic nitrogens is 2. The van der Waals surface area contributed by atoms with E-state index in [4.69, 9.17) is 13.9 Å². The molecule has 0 spiro atoms. The predicted molar refractivity (Wildman–Crippen MR) is 102 cm³/mol. The highest BCUT2D eigenvalue weighted by Crippen LogP contribution is 2.35. The Labute approximate surface area is 172 Å². The van der Waals surface area contributed by atoms with Crippen LogP contribution in [0.1, 0.15) is 5.56 Å². The van der Waals surface area contributed by atoms with E-state index in [-0.39, 0.29) is 22.6 Å². The second-order valence-corrected chi connectivity index (χ2v) is 7.07. The fourth-order valence-corrected chi connectivity index (χ4v) is 3.19. The molecule has 30 heavy (non-hydrogen) atoms. The number of nitrogens with zero attached hydrogens (tertiary/aromatic N) is 2. The van der Waals surface area contributed by atoms with Gasteiger partial charge in [0, 0.05) is 11.3 Å². The molecule has 0 radical (unpaired) electrons. The quantitative estimate of drug-likeness (QED) is 0.597. The van der Waals surface area contributed by atoms with Crippen LogP contribution in [0.5, 0.6) is 11.5 Å². The number of fused-ring (bicyclic) bond motifs is 1. The van der Waals surface area contributed by atoms with E-state index in [1.165, 1.54) is 12.1 Å². The van der Waals surface area contributed by atoms with Crippen LogP contribution >= 0.6 is 11.8 Å². The van der Waals surface area contributed by atoms with Gasteiger partial charge in [-0.2, -0.15) is 13.2 Å². The maximum atomic E-state index is 12.6. The molecule has 1 N–H and O–H groups in total. The fourth-order valence-electron chi connectivity index (χ4n) is 2.63. The zero-order valence-electron chi connectivity index (χ0n) is 15.2. The summed E-state index contributed by atoms with van der Waals surface area (Å²) >= 11 is 1.01. The van der Waals surface area contributed by atoms with Gasteiger partial charge in [0.2, 0.25) is 11.8 Å². The summed E-state index contributed by atoms with van der Waals surface area (Å²) in [4.78, 5) is 12.0. The number of alkyl halides is 3. The number of carbonyl (C=O) groups is 1. The molecule has 0 unspecified atom stereocenters. The molecule has 0 saturated carbocycles. The third-order valence-corrected chi connectivity index (χ3v) is 4.84. The van der Waals surface area contributed by atoms with E-state index in [1.54, 1.807) is 18.2 Å². The molecule has 1 aliphatic heterocycles. The van der Waals surface area contributed by atoms with Gasteiger partial charge in [-0.25, -0.2) is 0 Å². The predicted octanol–water partition coefficient (Wildman–Crippen LogP) is 4.26. The van der Waals surface area contributed by atoms with Crippen LogP contribution in [0.2, 0.25) is 0 Å². The average Bonchev–Trinajstić information content (AvgIpc) is 3.21. The standard InChI is InChI=1S/C19H14F3N3O4S/c20-19(21,22)12-2-4-13(5-3-12)23-16(26)10-30-18-25-24-17(29-18)11-1-6-14-15(9-11)28-8-7-27-14/h1-6,9H,7-8,10H2,(H,23,26). The van der Waals surface area contributed by atoms with Gasteiger partial charge < -0.3 is 19.2 Å². The summed E-state index contributed by atoms with van der Waals surface area (Å²) in [6, 6.07) is 9.43. The first-order valence-corrected chi connectivity index (χ1v) is 9.70. The number of hydrogen-bond donors (Lipinski definition) is 1. The fraction of sp³-hybridized carbons (Fsp3) is 0.211. The summed E-state index contributed by atoms with van der Waals surface area (Å²) in [7, 11) is 0. The molecule has 7 nitrogen and oxygen atoms in total. The van der Waals surface area contributed by atoms with Crippen molar-refractivity contribution in [1.82, 2.24) is 10.2 Å². The SMILES string of the molecule is O=C(CSc1nnc(-c2ccc3c(c2)OCCO3)o1)Nc1ccc(C(F)(F)F)cc1. The Hall–Kier alpha value is -3.21. The third kappa shape index (κ3) is 4.67. The van der Waals surface area contributed by atoms with Gasteiger partial charge in [-0.05, 0) is 42.5 Å².